The van der Waals surface area contributed by atoms with Gasteiger partial charge in [0.2, 0.25) is 0 Å². The zero-order valence-corrected chi connectivity index (χ0v) is 9.12. The zero-order chi connectivity index (χ0) is 11.4. The predicted molar refractivity (Wildman–Crippen MR) is 62.5 cm³/mol. The Balaban J connectivity index is 2.10. The quantitative estimate of drug-likeness (QED) is 0.765. The summed E-state index contributed by atoms with van der Waals surface area (Å²) in [7, 11) is 1.61. The van der Waals surface area contributed by atoms with Crippen LogP contribution in [0, 0.1) is 0 Å². The Bertz CT molecular complexity index is 490. The topological polar surface area (TPSA) is 54.1 Å². The third kappa shape index (κ3) is 2.23. The fourth-order valence-electron chi connectivity index (χ4n) is 1.56. The second-order valence-corrected chi connectivity index (χ2v) is 3.53. The number of fused-ring (bicyclic) bond motifs is 1. The second-order valence-electron chi connectivity index (χ2n) is 3.53. The molecule has 1 aromatic carbocycles. The van der Waals surface area contributed by atoms with Gasteiger partial charge < -0.3 is 15.0 Å². The minimum Gasteiger partial charge on any atom is -0.383 e. The van der Waals surface area contributed by atoms with Crippen molar-refractivity contribution < 1.29 is 9.53 Å². The van der Waals surface area contributed by atoms with Gasteiger partial charge in [-0.3, -0.25) is 4.79 Å². The molecule has 1 heterocycles. The number of aromatic amines is 1. The Kier molecular flexibility index (Phi) is 3.22. The van der Waals surface area contributed by atoms with Crippen LogP contribution in [0.2, 0.25) is 0 Å². The highest BCUT2D eigenvalue weighted by Crippen LogP contribution is 2.13. The van der Waals surface area contributed by atoms with E-state index in [-0.39, 0.29) is 5.91 Å². The van der Waals surface area contributed by atoms with Gasteiger partial charge in [0.1, 0.15) is 0 Å². The number of ether oxygens (including phenoxy) is 1. The van der Waals surface area contributed by atoms with Crippen molar-refractivity contribution in [3.8, 4) is 0 Å². The SMILES string of the molecule is COCCNC(=O)c1ccc2[nH]ccc2c1. The van der Waals surface area contributed by atoms with Crippen LogP contribution in [0.15, 0.2) is 30.5 Å². The zero-order valence-electron chi connectivity index (χ0n) is 9.12. The van der Waals surface area contributed by atoms with Gasteiger partial charge in [0, 0.05) is 36.3 Å². The molecule has 0 saturated heterocycles. The fourth-order valence-corrected chi connectivity index (χ4v) is 1.56. The van der Waals surface area contributed by atoms with Crippen molar-refractivity contribution in [1.29, 1.82) is 0 Å². The Morgan fingerprint density at radius 1 is 1.44 bits per heavy atom. The summed E-state index contributed by atoms with van der Waals surface area (Å²) in [6.45, 7) is 1.05. The number of carbonyl (C=O) groups excluding carboxylic acids is 1. The maximum Gasteiger partial charge on any atom is 0.251 e. The lowest BCUT2D eigenvalue weighted by molar-refractivity contribution is 0.0937. The van der Waals surface area contributed by atoms with Crippen LogP contribution in [0.4, 0.5) is 0 Å². The largest absolute Gasteiger partial charge is 0.383 e. The minimum absolute atomic E-state index is 0.0693. The summed E-state index contributed by atoms with van der Waals surface area (Å²) >= 11 is 0. The minimum atomic E-state index is -0.0693. The molecule has 0 fully saturated rings. The van der Waals surface area contributed by atoms with Gasteiger partial charge in [-0.15, -0.1) is 0 Å². The summed E-state index contributed by atoms with van der Waals surface area (Å²) in [5.41, 5.74) is 1.71. The average Bonchev–Trinajstić information content (AvgIpc) is 2.76. The van der Waals surface area contributed by atoms with E-state index in [2.05, 4.69) is 10.3 Å². The molecule has 84 valence electrons. The van der Waals surface area contributed by atoms with Crippen LogP contribution in [0.3, 0.4) is 0 Å². The Labute approximate surface area is 93.6 Å². The van der Waals surface area contributed by atoms with Crippen molar-refractivity contribution in [3.05, 3.63) is 36.0 Å². The standard InChI is InChI=1S/C12H14N2O2/c1-16-7-6-14-12(15)10-2-3-11-9(8-10)4-5-13-11/h2-5,8,13H,6-7H2,1H3,(H,14,15). The first-order valence-corrected chi connectivity index (χ1v) is 5.15. The molecule has 1 aromatic heterocycles. The molecule has 4 heteroatoms. The molecule has 0 aliphatic heterocycles. The molecule has 0 spiro atoms. The summed E-state index contributed by atoms with van der Waals surface area (Å²) in [5.74, 6) is -0.0693. The summed E-state index contributed by atoms with van der Waals surface area (Å²) in [4.78, 5) is 14.8. The van der Waals surface area contributed by atoms with Crippen LogP contribution in [0.25, 0.3) is 10.9 Å². The van der Waals surface area contributed by atoms with E-state index >= 15 is 0 Å². The van der Waals surface area contributed by atoms with Crippen LogP contribution in [-0.2, 0) is 4.74 Å². The summed E-state index contributed by atoms with van der Waals surface area (Å²) < 4.78 is 4.87. The maximum atomic E-state index is 11.7. The van der Waals surface area contributed by atoms with E-state index < -0.39 is 0 Å². The van der Waals surface area contributed by atoms with Crippen LogP contribution >= 0.6 is 0 Å². The van der Waals surface area contributed by atoms with Crippen molar-refractivity contribution >= 4 is 16.8 Å². The third-order valence-electron chi connectivity index (χ3n) is 2.41. The van der Waals surface area contributed by atoms with Crippen molar-refractivity contribution in [1.82, 2.24) is 10.3 Å². The lowest BCUT2D eigenvalue weighted by Crippen LogP contribution is -2.26. The van der Waals surface area contributed by atoms with Gasteiger partial charge in [-0.1, -0.05) is 0 Å². The smallest absolute Gasteiger partial charge is 0.251 e. The molecule has 4 nitrogen and oxygen atoms in total. The molecule has 16 heavy (non-hydrogen) atoms. The third-order valence-corrected chi connectivity index (χ3v) is 2.41. The number of amides is 1. The molecule has 2 N–H and O–H groups in total. The number of hydrogen-bond donors (Lipinski definition) is 2. The van der Waals surface area contributed by atoms with Crippen molar-refractivity contribution in [3.63, 3.8) is 0 Å². The number of benzene rings is 1. The first-order valence-electron chi connectivity index (χ1n) is 5.15. The predicted octanol–water partition coefficient (Wildman–Crippen LogP) is 1.54. The summed E-state index contributed by atoms with van der Waals surface area (Å²) in [6, 6.07) is 7.52. The molecule has 0 bridgehead atoms. The normalized spacial score (nSPS) is 10.6. The van der Waals surface area contributed by atoms with Gasteiger partial charge in [-0.05, 0) is 24.3 Å². The van der Waals surface area contributed by atoms with E-state index in [4.69, 9.17) is 4.74 Å². The molecule has 1 amide bonds. The number of nitrogens with one attached hydrogen (secondary N) is 2. The first kappa shape index (κ1) is 10.7. The van der Waals surface area contributed by atoms with Gasteiger partial charge >= 0.3 is 0 Å². The van der Waals surface area contributed by atoms with E-state index in [0.717, 1.165) is 10.9 Å². The lowest BCUT2D eigenvalue weighted by atomic mass is 10.1. The van der Waals surface area contributed by atoms with E-state index in [0.29, 0.717) is 18.7 Å². The molecule has 2 aromatic rings. The molecule has 0 aliphatic carbocycles. The summed E-state index contributed by atoms with van der Waals surface area (Å²) in [6.07, 6.45) is 1.86. The molecule has 0 aliphatic rings. The van der Waals surface area contributed by atoms with Crippen molar-refractivity contribution in [2.24, 2.45) is 0 Å². The van der Waals surface area contributed by atoms with E-state index in [1.807, 2.05) is 24.4 Å². The first-order chi connectivity index (χ1) is 7.81. The average molecular weight is 218 g/mol. The molecular formula is C12H14N2O2. The number of hydrogen-bond acceptors (Lipinski definition) is 2. The molecule has 0 saturated carbocycles. The molecule has 2 rings (SSSR count). The Morgan fingerprint density at radius 3 is 3.12 bits per heavy atom. The number of carbonyl (C=O) groups is 1. The molecular weight excluding hydrogens is 204 g/mol. The van der Waals surface area contributed by atoms with Gasteiger partial charge in [0.15, 0.2) is 0 Å². The van der Waals surface area contributed by atoms with Crippen LogP contribution in [0.1, 0.15) is 10.4 Å². The number of H-pyrrole nitrogens is 1. The van der Waals surface area contributed by atoms with E-state index in [9.17, 15) is 4.79 Å². The molecule has 0 radical (unpaired) electrons. The number of aromatic nitrogens is 1. The van der Waals surface area contributed by atoms with Crippen molar-refractivity contribution in [2.45, 2.75) is 0 Å². The Hall–Kier alpha value is -1.81. The lowest BCUT2D eigenvalue weighted by Gasteiger charge is -2.04. The van der Waals surface area contributed by atoms with Crippen LogP contribution in [-0.4, -0.2) is 31.2 Å². The Morgan fingerprint density at radius 2 is 2.31 bits per heavy atom. The van der Waals surface area contributed by atoms with E-state index in [1.165, 1.54) is 0 Å². The maximum absolute atomic E-state index is 11.7. The number of rotatable bonds is 4. The molecule has 0 atom stereocenters. The van der Waals surface area contributed by atoms with Gasteiger partial charge in [-0.2, -0.15) is 0 Å². The highest BCUT2D eigenvalue weighted by molar-refractivity contribution is 5.98. The van der Waals surface area contributed by atoms with Gasteiger partial charge in [-0.25, -0.2) is 0 Å². The highest BCUT2D eigenvalue weighted by Gasteiger charge is 2.05. The monoisotopic (exact) mass is 218 g/mol. The fraction of sp³-hybridized carbons (Fsp3) is 0.250. The molecule has 0 unspecified atom stereocenters. The van der Waals surface area contributed by atoms with Crippen LogP contribution < -0.4 is 5.32 Å². The highest BCUT2D eigenvalue weighted by atomic mass is 16.5. The second kappa shape index (κ2) is 4.81. The van der Waals surface area contributed by atoms with Gasteiger partial charge in [0.25, 0.3) is 5.91 Å². The van der Waals surface area contributed by atoms with Crippen molar-refractivity contribution in [2.75, 3.05) is 20.3 Å². The van der Waals surface area contributed by atoms with Gasteiger partial charge in [0.05, 0.1) is 6.61 Å². The van der Waals surface area contributed by atoms with E-state index in [1.54, 1.807) is 13.2 Å². The van der Waals surface area contributed by atoms with Crippen LogP contribution in [0.5, 0.6) is 0 Å². The summed E-state index contributed by atoms with van der Waals surface area (Å²) in [5, 5.41) is 3.82. The number of methoxy groups -OCH3 is 1.